The number of hydrogen-bond donors (Lipinski definition) is 1. The molecular weight excluding hydrogens is 350 g/mol. The summed E-state index contributed by atoms with van der Waals surface area (Å²) in [6, 6.07) is 16.4. The van der Waals surface area contributed by atoms with Crippen molar-refractivity contribution in [2.75, 3.05) is 13.2 Å². The van der Waals surface area contributed by atoms with Crippen LogP contribution in [0.1, 0.15) is 39.1 Å². The Labute approximate surface area is 166 Å². The number of ether oxygens (including phenoxy) is 1. The summed E-state index contributed by atoms with van der Waals surface area (Å²) < 4.78 is 8.16. The van der Waals surface area contributed by atoms with Gasteiger partial charge < -0.3 is 14.6 Å². The third-order valence-corrected chi connectivity index (χ3v) is 4.76. The van der Waals surface area contributed by atoms with Crippen LogP contribution in [0.3, 0.4) is 0 Å². The molecule has 28 heavy (non-hydrogen) atoms. The second-order valence-electron chi connectivity index (χ2n) is 8.02. The molecule has 0 spiro atoms. The number of carbonyl (C=O) groups excluding carboxylic acids is 1. The van der Waals surface area contributed by atoms with Gasteiger partial charge in [0, 0.05) is 19.9 Å². The van der Waals surface area contributed by atoms with Gasteiger partial charge in [-0.25, -0.2) is 4.98 Å². The number of nitrogens with zero attached hydrogens (tertiary/aromatic N) is 2. The maximum absolute atomic E-state index is 11.1. The molecule has 5 heteroatoms. The molecular formula is C23H29N3O2. The van der Waals surface area contributed by atoms with Crippen molar-refractivity contribution in [3.05, 3.63) is 59.9 Å². The first kappa shape index (κ1) is 19.9. The van der Waals surface area contributed by atoms with Crippen molar-refractivity contribution in [1.29, 1.82) is 0 Å². The average Bonchev–Trinajstić information content (AvgIpc) is 2.99. The molecule has 0 aliphatic heterocycles. The number of fused-ring (bicyclic) bond motifs is 1. The van der Waals surface area contributed by atoms with E-state index in [9.17, 15) is 4.79 Å². The minimum atomic E-state index is -0.0234. The number of para-hydroxylation sites is 2. The molecule has 0 aliphatic rings. The lowest BCUT2D eigenvalue weighted by Crippen LogP contribution is -2.24. The molecule has 0 saturated heterocycles. The Hall–Kier alpha value is -2.82. The molecule has 3 aromatic rings. The number of rotatable bonds is 7. The van der Waals surface area contributed by atoms with Crippen LogP contribution in [0.5, 0.6) is 5.75 Å². The highest BCUT2D eigenvalue weighted by atomic mass is 16.5. The molecule has 1 N–H and O–H groups in total. The van der Waals surface area contributed by atoms with Gasteiger partial charge in [0.2, 0.25) is 5.91 Å². The first-order valence-corrected chi connectivity index (χ1v) is 9.76. The highest BCUT2D eigenvalue weighted by molar-refractivity contribution is 5.76. The summed E-state index contributed by atoms with van der Waals surface area (Å²) >= 11 is 0. The Bertz CT molecular complexity index is 937. The van der Waals surface area contributed by atoms with Crippen LogP contribution in [0.25, 0.3) is 11.0 Å². The third kappa shape index (κ3) is 4.91. The van der Waals surface area contributed by atoms with E-state index in [1.807, 2.05) is 30.3 Å². The van der Waals surface area contributed by atoms with Crippen molar-refractivity contribution >= 4 is 16.9 Å². The van der Waals surface area contributed by atoms with Gasteiger partial charge in [-0.2, -0.15) is 0 Å². The van der Waals surface area contributed by atoms with Crippen LogP contribution in [-0.2, 0) is 23.2 Å². The first-order chi connectivity index (χ1) is 13.3. The van der Waals surface area contributed by atoms with E-state index in [1.54, 1.807) is 0 Å². The average molecular weight is 380 g/mol. The second-order valence-corrected chi connectivity index (χ2v) is 8.02. The van der Waals surface area contributed by atoms with Gasteiger partial charge in [0.25, 0.3) is 0 Å². The van der Waals surface area contributed by atoms with Gasteiger partial charge in [-0.3, -0.25) is 4.79 Å². The standard InChI is InChI=1S/C23H29N3O2/c1-17(27)24-14-13-22-25-20-7-5-6-8-21(20)26(22)15-16-28-19-11-9-18(10-12-19)23(2,3)4/h5-12H,13-16H2,1-4H3,(H,24,27). The molecule has 0 aliphatic carbocycles. The van der Waals surface area contributed by atoms with Crippen molar-refractivity contribution < 1.29 is 9.53 Å². The molecule has 0 saturated carbocycles. The first-order valence-electron chi connectivity index (χ1n) is 9.76. The molecule has 3 rings (SSSR count). The Balaban J connectivity index is 1.68. The van der Waals surface area contributed by atoms with Crippen molar-refractivity contribution in [2.24, 2.45) is 0 Å². The fourth-order valence-corrected chi connectivity index (χ4v) is 3.22. The fraction of sp³-hybridized carbons (Fsp3) is 0.391. The summed E-state index contributed by atoms with van der Waals surface area (Å²) in [5.41, 5.74) is 3.49. The summed E-state index contributed by atoms with van der Waals surface area (Å²) in [5, 5.41) is 2.84. The Morgan fingerprint density at radius 3 is 2.50 bits per heavy atom. The molecule has 0 atom stereocenters. The molecule has 2 aromatic carbocycles. The van der Waals surface area contributed by atoms with Gasteiger partial charge in [0.15, 0.2) is 0 Å². The third-order valence-electron chi connectivity index (χ3n) is 4.76. The molecule has 5 nitrogen and oxygen atoms in total. The number of aromatic nitrogens is 2. The predicted molar refractivity (Wildman–Crippen MR) is 113 cm³/mol. The number of hydrogen-bond acceptors (Lipinski definition) is 3. The highest BCUT2D eigenvalue weighted by Crippen LogP contribution is 2.24. The minimum absolute atomic E-state index is 0.0234. The number of imidazole rings is 1. The zero-order valence-corrected chi connectivity index (χ0v) is 17.2. The molecule has 148 valence electrons. The Kier molecular flexibility index (Phi) is 6.02. The fourth-order valence-electron chi connectivity index (χ4n) is 3.22. The van der Waals surface area contributed by atoms with Crippen molar-refractivity contribution in [2.45, 2.75) is 46.1 Å². The van der Waals surface area contributed by atoms with Crippen LogP contribution in [0.15, 0.2) is 48.5 Å². The lowest BCUT2D eigenvalue weighted by molar-refractivity contribution is -0.118. The Morgan fingerprint density at radius 2 is 1.82 bits per heavy atom. The van der Waals surface area contributed by atoms with Crippen LogP contribution in [-0.4, -0.2) is 28.6 Å². The van der Waals surface area contributed by atoms with Gasteiger partial charge in [0.1, 0.15) is 18.2 Å². The summed E-state index contributed by atoms with van der Waals surface area (Å²) in [7, 11) is 0. The smallest absolute Gasteiger partial charge is 0.216 e. The maximum atomic E-state index is 11.1. The lowest BCUT2D eigenvalue weighted by Gasteiger charge is -2.19. The lowest BCUT2D eigenvalue weighted by atomic mass is 9.87. The van der Waals surface area contributed by atoms with Crippen LogP contribution in [0, 0.1) is 0 Å². The van der Waals surface area contributed by atoms with Crippen LogP contribution in [0.4, 0.5) is 0 Å². The van der Waals surface area contributed by atoms with E-state index in [2.05, 4.69) is 48.9 Å². The quantitative estimate of drug-likeness (QED) is 0.673. The topological polar surface area (TPSA) is 56.2 Å². The monoisotopic (exact) mass is 379 g/mol. The van der Waals surface area contributed by atoms with E-state index in [-0.39, 0.29) is 11.3 Å². The van der Waals surface area contributed by atoms with E-state index >= 15 is 0 Å². The number of amides is 1. The second kappa shape index (κ2) is 8.46. The normalized spacial score (nSPS) is 11.6. The summed E-state index contributed by atoms with van der Waals surface area (Å²) in [4.78, 5) is 15.9. The van der Waals surface area contributed by atoms with Crippen LogP contribution in [0.2, 0.25) is 0 Å². The van der Waals surface area contributed by atoms with Crippen molar-refractivity contribution in [1.82, 2.24) is 14.9 Å². The van der Waals surface area contributed by atoms with E-state index in [0.29, 0.717) is 26.1 Å². The molecule has 1 heterocycles. The molecule has 0 radical (unpaired) electrons. The summed E-state index contributed by atoms with van der Waals surface area (Å²) in [5.74, 6) is 1.81. The maximum Gasteiger partial charge on any atom is 0.216 e. The van der Waals surface area contributed by atoms with E-state index in [4.69, 9.17) is 9.72 Å². The number of carbonyl (C=O) groups is 1. The van der Waals surface area contributed by atoms with Crippen LogP contribution >= 0.6 is 0 Å². The summed E-state index contributed by atoms with van der Waals surface area (Å²) in [6.07, 6.45) is 0.689. The Morgan fingerprint density at radius 1 is 1.11 bits per heavy atom. The minimum Gasteiger partial charge on any atom is -0.492 e. The van der Waals surface area contributed by atoms with E-state index in [0.717, 1.165) is 22.6 Å². The van der Waals surface area contributed by atoms with E-state index < -0.39 is 0 Å². The van der Waals surface area contributed by atoms with Gasteiger partial charge in [-0.05, 0) is 35.2 Å². The van der Waals surface area contributed by atoms with Gasteiger partial charge in [-0.15, -0.1) is 0 Å². The molecule has 0 bridgehead atoms. The largest absolute Gasteiger partial charge is 0.492 e. The van der Waals surface area contributed by atoms with Gasteiger partial charge in [-0.1, -0.05) is 45.0 Å². The van der Waals surface area contributed by atoms with Crippen LogP contribution < -0.4 is 10.1 Å². The molecule has 1 aromatic heterocycles. The molecule has 0 fully saturated rings. The number of nitrogens with one attached hydrogen (secondary N) is 1. The van der Waals surface area contributed by atoms with E-state index in [1.165, 1.54) is 12.5 Å². The number of benzene rings is 2. The van der Waals surface area contributed by atoms with Gasteiger partial charge in [0.05, 0.1) is 17.6 Å². The zero-order chi connectivity index (χ0) is 20.1. The predicted octanol–water partition coefficient (Wildman–Crippen LogP) is 4.09. The SMILES string of the molecule is CC(=O)NCCc1nc2ccccc2n1CCOc1ccc(C(C)(C)C)cc1. The highest BCUT2D eigenvalue weighted by Gasteiger charge is 2.13. The van der Waals surface area contributed by atoms with Gasteiger partial charge >= 0.3 is 0 Å². The zero-order valence-electron chi connectivity index (χ0n) is 17.2. The molecule has 1 amide bonds. The summed E-state index contributed by atoms with van der Waals surface area (Å²) in [6.45, 7) is 9.98. The van der Waals surface area contributed by atoms with Crippen molar-refractivity contribution in [3.8, 4) is 5.75 Å². The molecule has 0 unspecified atom stereocenters. The van der Waals surface area contributed by atoms with Crippen molar-refractivity contribution in [3.63, 3.8) is 0 Å².